The van der Waals surface area contributed by atoms with Crippen molar-refractivity contribution in [3.05, 3.63) is 95.8 Å². The lowest BCUT2D eigenvalue weighted by molar-refractivity contribution is -0.0413. The average Bonchev–Trinajstić information content (AvgIpc) is 2.92. The number of amides is 1. The molecule has 0 heterocycles. The highest BCUT2D eigenvalue weighted by Gasteiger charge is 2.39. The smallest absolute Gasteiger partial charge is 0.272 e. The highest BCUT2D eigenvalue weighted by molar-refractivity contribution is 6.00. The molecule has 1 aliphatic rings. The van der Waals surface area contributed by atoms with Crippen LogP contribution in [0.3, 0.4) is 0 Å². The molecule has 1 amide bonds. The molecule has 0 radical (unpaired) electrons. The van der Waals surface area contributed by atoms with Gasteiger partial charge in [0.1, 0.15) is 17.2 Å². The average molecular weight is 563 g/mol. The van der Waals surface area contributed by atoms with Crippen molar-refractivity contribution < 1.29 is 27.1 Å². The van der Waals surface area contributed by atoms with Gasteiger partial charge in [-0.25, -0.2) is 17.6 Å². The third-order valence-corrected chi connectivity index (χ3v) is 6.41. The Balaban J connectivity index is 0.000000869. The van der Waals surface area contributed by atoms with E-state index in [1.54, 1.807) is 40.1 Å². The first kappa shape index (κ1) is 34.7. The number of hydrogen-bond acceptors (Lipinski definition) is 3. The van der Waals surface area contributed by atoms with Gasteiger partial charge >= 0.3 is 0 Å². The van der Waals surface area contributed by atoms with Crippen molar-refractivity contribution in [2.75, 3.05) is 32.1 Å². The minimum Gasteiger partial charge on any atom is -0.375 e. The number of allylic oxidation sites excluding steroid dienone is 6. The maximum Gasteiger partial charge on any atom is 0.272 e. The molecule has 0 aromatic heterocycles. The van der Waals surface area contributed by atoms with Crippen LogP contribution in [0.5, 0.6) is 0 Å². The Morgan fingerprint density at radius 1 is 1.25 bits per heavy atom. The van der Waals surface area contributed by atoms with E-state index in [1.807, 2.05) is 31.2 Å². The Bertz CT molecular complexity index is 1160. The number of para-hydroxylation sites is 1. The van der Waals surface area contributed by atoms with Gasteiger partial charge in [0.15, 0.2) is 0 Å². The van der Waals surface area contributed by atoms with Gasteiger partial charge in [-0.15, -0.1) is 5.73 Å². The van der Waals surface area contributed by atoms with E-state index < -0.39 is 35.6 Å². The number of halogens is 4. The standard InChI is InChI=1S/C24H32F4N2O2.C8H10/c1-7-24(27,28)17-12-13-23(4,20(26)14-17)32-15-16(3)30(8-2)22(31)18-10-9-11-19(25)21(18)29(5)6;1-3-5-7-8-6-4-2/h9-12,14,16H,7-8,13,15H2,1-6H3;3-5,7-8H,1H2,2H3/b;7-5-/t16-,23?;/m0./s1. The van der Waals surface area contributed by atoms with E-state index in [-0.39, 0.29) is 35.8 Å². The summed E-state index contributed by atoms with van der Waals surface area (Å²) in [5, 5.41) is 0. The normalized spacial score (nSPS) is 17.5. The molecule has 0 aliphatic heterocycles. The Labute approximate surface area is 236 Å². The van der Waals surface area contributed by atoms with Crippen LogP contribution in [0.4, 0.5) is 23.2 Å². The number of hydrogen-bond donors (Lipinski definition) is 0. The van der Waals surface area contributed by atoms with Gasteiger partial charge in [0, 0.05) is 39.1 Å². The number of anilines is 1. The molecule has 1 unspecified atom stereocenters. The van der Waals surface area contributed by atoms with E-state index in [4.69, 9.17) is 4.74 Å². The van der Waals surface area contributed by atoms with Crippen molar-refractivity contribution >= 4 is 11.6 Å². The molecule has 2 atom stereocenters. The minimum atomic E-state index is -3.09. The van der Waals surface area contributed by atoms with Gasteiger partial charge in [0.2, 0.25) is 0 Å². The van der Waals surface area contributed by atoms with Crippen molar-refractivity contribution in [1.29, 1.82) is 0 Å². The fourth-order valence-corrected chi connectivity index (χ4v) is 3.97. The third-order valence-electron chi connectivity index (χ3n) is 6.41. The van der Waals surface area contributed by atoms with E-state index >= 15 is 0 Å². The molecule has 0 saturated heterocycles. The predicted molar refractivity (Wildman–Crippen MR) is 156 cm³/mol. The van der Waals surface area contributed by atoms with E-state index in [1.165, 1.54) is 41.9 Å². The highest BCUT2D eigenvalue weighted by Crippen LogP contribution is 2.39. The molecule has 0 spiro atoms. The van der Waals surface area contributed by atoms with Crippen molar-refractivity contribution in [2.24, 2.45) is 0 Å². The minimum absolute atomic E-state index is 0.0166. The molecule has 220 valence electrons. The molecule has 4 nitrogen and oxygen atoms in total. The van der Waals surface area contributed by atoms with Crippen LogP contribution in [-0.2, 0) is 4.74 Å². The largest absolute Gasteiger partial charge is 0.375 e. The summed E-state index contributed by atoms with van der Waals surface area (Å²) in [6, 6.07) is 3.86. The highest BCUT2D eigenvalue weighted by atomic mass is 19.3. The molecule has 40 heavy (non-hydrogen) atoms. The molecule has 0 saturated carbocycles. The lowest BCUT2D eigenvalue weighted by atomic mass is 9.89. The van der Waals surface area contributed by atoms with Crippen LogP contribution < -0.4 is 4.90 Å². The van der Waals surface area contributed by atoms with Gasteiger partial charge in [-0.1, -0.05) is 43.9 Å². The van der Waals surface area contributed by atoms with Gasteiger partial charge < -0.3 is 14.5 Å². The van der Waals surface area contributed by atoms with Crippen LogP contribution in [0.25, 0.3) is 0 Å². The molecule has 1 aliphatic carbocycles. The van der Waals surface area contributed by atoms with Crippen LogP contribution in [-0.4, -0.2) is 55.6 Å². The Morgan fingerprint density at radius 2 is 1.93 bits per heavy atom. The summed E-state index contributed by atoms with van der Waals surface area (Å²) in [6.07, 6.45) is 10.8. The number of nitrogens with zero attached hydrogens (tertiary/aromatic N) is 2. The summed E-state index contributed by atoms with van der Waals surface area (Å²) >= 11 is 0. The Hall–Kier alpha value is -3.35. The summed E-state index contributed by atoms with van der Waals surface area (Å²) in [5.74, 6) is -4.74. The van der Waals surface area contributed by atoms with Gasteiger partial charge in [-0.3, -0.25) is 4.79 Å². The molecule has 2 rings (SSSR count). The Morgan fingerprint density at radius 3 is 2.45 bits per heavy atom. The molecule has 0 N–H and O–H groups in total. The number of likely N-dealkylation sites (N-methyl/N-ethyl adjacent to an activating group) is 1. The first-order valence-corrected chi connectivity index (χ1v) is 13.3. The maximum absolute atomic E-state index is 14.7. The third kappa shape index (κ3) is 9.39. The SMILES string of the molecule is C=C/C=C\C=C=CC.CCN(C(=O)c1cccc(F)c1N(C)C)[C@@H](C)COC1(C)CC=C(C(F)(F)CC)C=C1F. The summed E-state index contributed by atoms with van der Waals surface area (Å²) in [5.41, 5.74) is 1.56. The zero-order chi connectivity index (χ0) is 30.5. The molecular formula is C32H42F4N2O2. The first-order valence-electron chi connectivity index (χ1n) is 13.3. The fourth-order valence-electron chi connectivity index (χ4n) is 3.97. The molecule has 1 aromatic carbocycles. The number of rotatable bonds is 11. The predicted octanol–water partition coefficient (Wildman–Crippen LogP) is 8.21. The zero-order valence-corrected chi connectivity index (χ0v) is 24.6. The molecule has 8 heteroatoms. The van der Waals surface area contributed by atoms with Crippen LogP contribution in [0.1, 0.15) is 57.8 Å². The maximum atomic E-state index is 14.7. The van der Waals surface area contributed by atoms with Crippen molar-refractivity contribution in [3.8, 4) is 0 Å². The second-order valence-corrected chi connectivity index (χ2v) is 9.67. The van der Waals surface area contributed by atoms with E-state index in [9.17, 15) is 22.4 Å². The monoisotopic (exact) mass is 562 g/mol. The van der Waals surface area contributed by atoms with Crippen LogP contribution in [0.15, 0.2) is 84.4 Å². The second kappa shape index (κ2) is 16.0. The van der Waals surface area contributed by atoms with Crippen LogP contribution in [0.2, 0.25) is 0 Å². The molecule has 1 aromatic rings. The molecule has 0 fully saturated rings. The summed E-state index contributed by atoms with van der Waals surface area (Å²) in [4.78, 5) is 16.2. The van der Waals surface area contributed by atoms with E-state index in [2.05, 4.69) is 12.3 Å². The lowest BCUT2D eigenvalue weighted by Gasteiger charge is -2.35. The van der Waals surface area contributed by atoms with Crippen molar-refractivity contribution in [2.45, 2.75) is 65.0 Å². The summed E-state index contributed by atoms with van der Waals surface area (Å²) in [7, 11) is 3.31. The quantitative estimate of drug-likeness (QED) is 0.155. The number of carbonyl (C=O) groups is 1. The van der Waals surface area contributed by atoms with Gasteiger partial charge in [-0.05, 0) is 58.1 Å². The number of ether oxygens (including phenoxy) is 1. The van der Waals surface area contributed by atoms with E-state index in [0.717, 1.165) is 6.08 Å². The van der Waals surface area contributed by atoms with Crippen molar-refractivity contribution in [3.63, 3.8) is 0 Å². The number of alkyl halides is 2. The molecule has 0 bridgehead atoms. The zero-order valence-electron chi connectivity index (χ0n) is 24.6. The Kier molecular flexibility index (Phi) is 13.9. The number of carbonyl (C=O) groups excluding carboxylic acids is 1. The fraction of sp³-hybridized carbons (Fsp3) is 0.438. The second-order valence-electron chi connectivity index (χ2n) is 9.67. The van der Waals surface area contributed by atoms with Gasteiger partial charge in [0.05, 0.1) is 23.9 Å². The van der Waals surface area contributed by atoms with Crippen LogP contribution in [0, 0.1) is 5.82 Å². The van der Waals surface area contributed by atoms with Gasteiger partial charge in [-0.2, -0.15) is 0 Å². The summed E-state index contributed by atoms with van der Waals surface area (Å²) in [6.45, 7) is 12.1. The van der Waals surface area contributed by atoms with Gasteiger partial charge in [0.25, 0.3) is 11.8 Å². The topological polar surface area (TPSA) is 32.8 Å². The molecular weight excluding hydrogens is 520 g/mol. The summed E-state index contributed by atoms with van der Waals surface area (Å²) < 4.78 is 62.6. The van der Waals surface area contributed by atoms with Crippen LogP contribution >= 0.6 is 0 Å². The number of benzene rings is 1. The van der Waals surface area contributed by atoms with E-state index in [0.29, 0.717) is 6.54 Å². The first-order chi connectivity index (χ1) is 18.8. The lowest BCUT2D eigenvalue weighted by Crippen LogP contribution is -2.44. The van der Waals surface area contributed by atoms with Crippen molar-refractivity contribution in [1.82, 2.24) is 4.90 Å².